The summed E-state index contributed by atoms with van der Waals surface area (Å²) in [5.74, 6) is -0.276. The second-order valence-corrected chi connectivity index (χ2v) is 6.07. The summed E-state index contributed by atoms with van der Waals surface area (Å²) in [5.41, 5.74) is 3.99. The number of benzene rings is 3. The lowest BCUT2D eigenvalue weighted by molar-refractivity contribution is 0.0949. The molecular formula is C22H20N2O2. The van der Waals surface area contributed by atoms with Crippen molar-refractivity contribution in [3.05, 3.63) is 101 Å². The van der Waals surface area contributed by atoms with Gasteiger partial charge in [0.25, 0.3) is 11.8 Å². The van der Waals surface area contributed by atoms with Crippen LogP contribution in [0.3, 0.4) is 0 Å². The van der Waals surface area contributed by atoms with Crippen LogP contribution < -0.4 is 10.6 Å². The van der Waals surface area contributed by atoms with Crippen LogP contribution in [0, 0.1) is 6.92 Å². The molecule has 0 radical (unpaired) electrons. The Hall–Kier alpha value is -3.40. The molecule has 26 heavy (non-hydrogen) atoms. The Balaban J connectivity index is 1.58. The predicted octanol–water partition coefficient (Wildman–Crippen LogP) is 4.18. The third kappa shape index (κ3) is 4.57. The van der Waals surface area contributed by atoms with Crippen molar-refractivity contribution in [3.8, 4) is 0 Å². The lowest BCUT2D eigenvalue weighted by Crippen LogP contribution is -2.22. The van der Waals surface area contributed by atoms with Crippen LogP contribution in [-0.2, 0) is 6.54 Å². The highest BCUT2D eigenvalue weighted by molar-refractivity contribution is 6.04. The van der Waals surface area contributed by atoms with Crippen molar-refractivity contribution in [1.29, 1.82) is 0 Å². The SMILES string of the molecule is Cc1cccc(NC(=O)c2ccc(CNC(=O)c3ccccc3)cc2)c1. The van der Waals surface area contributed by atoms with Crippen molar-refractivity contribution < 1.29 is 9.59 Å². The fourth-order valence-corrected chi connectivity index (χ4v) is 2.57. The molecule has 0 heterocycles. The van der Waals surface area contributed by atoms with Gasteiger partial charge in [0, 0.05) is 23.4 Å². The zero-order chi connectivity index (χ0) is 18.4. The van der Waals surface area contributed by atoms with Crippen LogP contribution in [0.25, 0.3) is 0 Å². The van der Waals surface area contributed by atoms with Gasteiger partial charge in [0.1, 0.15) is 0 Å². The third-order valence-corrected chi connectivity index (χ3v) is 3.98. The van der Waals surface area contributed by atoms with E-state index in [-0.39, 0.29) is 11.8 Å². The molecule has 0 saturated carbocycles. The van der Waals surface area contributed by atoms with Crippen LogP contribution in [0.5, 0.6) is 0 Å². The molecular weight excluding hydrogens is 324 g/mol. The highest BCUT2D eigenvalue weighted by atomic mass is 16.2. The van der Waals surface area contributed by atoms with E-state index < -0.39 is 0 Å². The minimum atomic E-state index is -0.157. The number of hydrogen-bond donors (Lipinski definition) is 2. The van der Waals surface area contributed by atoms with Gasteiger partial charge >= 0.3 is 0 Å². The topological polar surface area (TPSA) is 58.2 Å². The molecule has 0 atom stereocenters. The molecule has 0 aliphatic carbocycles. The maximum Gasteiger partial charge on any atom is 0.255 e. The first-order chi connectivity index (χ1) is 12.6. The Morgan fingerprint density at radius 1 is 0.769 bits per heavy atom. The number of nitrogens with one attached hydrogen (secondary N) is 2. The van der Waals surface area contributed by atoms with Crippen molar-refractivity contribution in [2.75, 3.05) is 5.32 Å². The van der Waals surface area contributed by atoms with Gasteiger partial charge in [0.2, 0.25) is 0 Å². The van der Waals surface area contributed by atoms with Gasteiger partial charge in [-0.3, -0.25) is 9.59 Å². The van der Waals surface area contributed by atoms with Crippen LogP contribution in [0.15, 0.2) is 78.9 Å². The second-order valence-electron chi connectivity index (χ2n) is 6.07. The zero-order valence-electron chi connectivity index (χ0n) is 14.5. The highest BCUT2D eigenvalue weighted by Gasteiger charge is 2.07. The van der Waals surface area contributed by atoms with Gasteiger partial charge < -0.3 is 10.6 Å². The first kappa shape index (κ1) is 17.4. The van der Waals surface area contributed by atoms with E-state index in [1.807, 2.05) is 61.5 Å². The van der Waals surface area contributed by atoms with Gasteiger partial charge in [-0.05, 0) is 54.4 Å². The van der Waals surface area contributed by atoms with Crippen LogP contribution in [0.1, 0.15) is 31.8 Å². The van der Waals surface area contributed by atoms with Gasteiger partial charge in [-0.25, -0.2) is 0 Å². The minimum absolute atomic E-state index is 0.119. The van der Waals surface area contributed by atoms with E-state index in [4.69, 9.17) is 0 Å². The third-order valence-electron chi connectivity index (χ3n) is 3.98. The number of carbonyl (C=O) groups excluding carboxylic acids is 2. The lowest BCUT2D eigenvalue weighted by Gasteiger charge is -2.08. The molecule has 0 bridgehead atoms. The summed E-state index contributed by atoms with van der Waals surface area (Å²) in [6, 6.07) is 23.9. The number of anilines is 1. The van der Waals surface area contributed by atoms with Crippen molar-refractivity contribution in [2.45, 2.75) is 13.5 Å². The van der Waals surface area contributed by atoms with Crippen molar-refractivity contribution in [3.63, 3.8) is 0 Å². The smallest absolute Gasteiger partial charge is 0.255 e. The molecule has 3 rings (SSSR count). The Morgan fingerprint density at radius 3 is 2.15 bits per heavy atom. The molecule has 130 valence electrons. The van der Waals surface area contributed by atoms with Gasteiger partial charge in [-0.1, -0.05) is 42.5 Å². The first-order valence-electron chi connectivity index (χ1n) is 8.42. The van der Waals surface area contributed by atoms with Crippen LogP contribution >= 0.6 is 0 Å². The molecule has 2 amide bonds. The van der Waals surface area contributed by atoms with Gasteiger partial charge in [0.05, 0.1) is 0 Å². The Kier molecular flexibility index (Phi) is 5.44. The van der Waals surface area contributed by atoms with E-state index in [2.05, 4.69) is 10.6 Å². The quantitative estimate of drug-likeness (QED) is 0.729. The van der Waals surface area contributed by atoms with E-state index >= 15 is 0 Å². The maximum absolute atomic E-state index is 12.3. The number of aryl methyl sites for hydroxylation is 1. The zero-order valence-corrected chi connectivity index (χ0v) is 14.5. The summed E-state index contributed by atoms with van der Waals surface area (Å²) in [7, 11) is 0. The summed E-state index contributed by atoms with van der Waals surface area (Å²) in [5, 5.41) is 5.75. The average Bonchev–Trinajstić information content (AvgIpc) is 2.67. The second kappa shape index (κ2) is 8.12. The Morgan fingerprint density at radius 2 is 1.46 bits per heavy atom. The molecule has 0 fully saturated rings. The molecule has 2 N–H and O–H groups in total. The van der Waals surface area contributed by atoms with E-state index in [0.29, 0.717) is 17.7 Å². The van der Waals surface area contributed by atoms with Crippen molar-refractivity contribution in [2.24, 2.45) is 0 Å². The Labute approximate surface area is 152 Å². The maximum atomic E-state index is 12.3. The fourth-order valence-electron chi connectivity index (χ4n) is 2.57. The highest BCUT2D eigenvalue weighted by Crippen LogP contribution is 2.12. The monoisotopic (exact) mass is 344 g/mol. The van der Waals surface area contributed by atoms with Crippen LogP contribution in [0.4, 0.5) is 5.69 Å². The van der Waals surface area contributed by atoms with Crippen molar-refractivity contribution >= 4 is 17.5 Å². The van der Waals surface area contributed by atoms with Crippen molar-refractivity contribution in [1.82, 2.24) is 5.32 Å². The summed E-state index contributed by atoms with van der Waals surface area (Å²) < 4.78 is 0. The number of amides is 2. The summed E-state index contributed by atoms with van der Waals surface area (Å²) in [6.45, 7) is 2.39. The normalized spacial score (nSPS) is 10.2. The van der Waals surface area contributed by atoms with Gasteiger partial charge in [-0.15, -0.1) is 0 Å². The van der Waals surface area contributed by atoms with E-state index in [1.165, 1.54) is 0 Å². The molecule has 4 nitrogen and oxygen atoms in total. The van der Waals surface area contributed by atoms with Gasteiger partial charge in [-0.2, -0.15) is 0 Å². The summed E-state index contributed by atoms with van der Waals surface area (Å²) in [4.78, 5) is 24.4. The molecule has 0 saturated heterocycles. The van der Waals surface area contributed by atoms with Crippen LogP contribution in [0.2, 0.25) is 0 Å². The number of rotatable bonds is 5. The fraction of sp³-hybridized carbons (Fsp3) is 0.0909. The minimum Gasteiger partial charge on any atom is -0.348 e. The standard InChI is InChI=1S/C22H20N2O2/c1-16-6-5-9-20(14-16)24-22(26)19-12-10-17(11-13-19)15-23-21(25)18-7-3-2-4-8-18/h2-14H,15H2,1H3,(H,23,25)(H,24,26). The summed E-state index contributed by atoms with van der Waals surface area (Å²) in [6.07, 6.45) is 0. The lowest BCUT2D eigenvalue weighted by atomic mass is 10.1. The van der Waals surface area contributed by atoms with Gasteiger partial charge in [0.15, 0.2) is 0 Å². The molecule has 0 aliphatic rings. The largest absolute Gasteiger partial charge is 0.348 e. The number of carbonyl (C=O) groups is 2. The molecule has 0 spiro atoms. The summed E-state index contributed by atoms with van der Waals surface area (Å²) >= 11 is 0. The van der Waals surface area contributed by atoms with E-state index in [0.717, 1.165) is 16.8 Å². The van der Waals surface area contributed by atoms with E-state index in [1.54, 1.807) is 24.3 Å². The molecule has 0 aromatic heterocycles. The Bertz CT molecular complexity index is 903. The molecule has 0 aliphatic heterocycles. The first-order valence-corrected chi connectivity index (χ1v) is 8.42. The molecule has 3 aromatic carbocycles. The molecule has 0 unspecified atom stereocenters. The predicted molar refractivity (Wildman–Crippen MR) is 103 cm³/mol. The molecule has 4 heteroatoms. The van der Waals surface area contributed by atoms with Crippen LogP contribution in [-0.4, -0.2) is 11.8 Å². The van der Waals surface area contributed by atoms with E-state index in [9.17, 15) is 9.59 Å². The average molecular weight is 344 g/mol. The molecule has 3 aromatic rings. The number of hydrogen-bond acceptors (Lipinski definition) is 2.